The van der Waals surface area contributed by atoms with Gasteiger partial charge in [-0.2, -0.15) is 10.2 Å². The summed E-state index contributed by atoms with van der Waals surface area (Å²) >= 11 is 0. The predicted molar refractivity (Wildman–Crippen MR) is 71.7 cm³/mol. The Balaban J connectivity index is 2.01. The fourth-order valence-corrected chi connectivity index (χ4v) is 1.59. The highest BCUT2D eigenvalue weighted by atomic mass is 16.5. The van der Waals surface area contributed by atoms with Crippen molar-refractivity contribution in [2.45, 2.75) is 13.5 Å². The third-order valence-electron chi connectivity index (χ3n) is 2.43. The molecule has 0 unspecified atom stereocenters. The minimum Gasteiger partial charge on any atom is -0.478 e. The second kappa shape index (κ2) is 6.36. The van der Waals surface area contributed by atoms with Crippen LogP contribution >= 0.6 is 0 Å². The highest BCUT2D eigenvalue weighted by molar-refractivity contribution is 5.35. The molecule has 0 radical (unpaired) electrons. The summed E-state index contributed by atoms with van der Waals surface area (Å²) in [5, 5.41) is 11.9. The third-order valence-corrected chi connectivity index (χ3v) is 2.43. The lowest BCUT2D eigenvalue weighted by Gasteiger charge is -2.07. The summed E-state index contributed by atoms with van der Waals surface area (Å²) in [6, 6.07) is 11.2. The lowest BCUT2D eigenvalue weighted by atomic mass is 10.1. The molecule has 0 amide bonds. The number of hydrogen-bond acceptors (Lipinski definition) is 5. The van der Waals surface area contributed by atoms with Crippen molar-refractivity contribution >= 4 is 5.95 Å². The van der Waals surface area contributed by atoms with Gasteiger partial charge < -0.3 is 10.1 Å². The van der Waals surface area contributed by atoms with Crippen molar-refractivity contribution in [3.63, 3.8) is 0 Å². The Kier molecular flexibility index (Phi) is 4.29. The largest absolute Gasteiger partial charge is 0.478 e. The van der Waals surface area contributed by atoms with E-state index in [0.717, 1.165) is 5.56 Å². The summed E-state index contributed by atoms with van der Waals surface area (Å²) in [5.74, 6) is 1.05. The summed E-state index contributed by atoms with van der Waals surface area (Å²) in [6.07, 6.45) is 1.64. The van der Waals surface area contributed by atoms with E-state index in [1.807, 2.05) is 25.1 Å². The van der Waals surface area contributed by atoms with E-state index in [1.165, 1.54) is 0 Å². The first-order chi connectivity index (χ1) is 9.31. The van der Waals surface area contributed by atoms with Crippen LogP contribution in [0.2, 0.25) is 0 Å². The molecule has 19 heavy (non-hydrogen) atoms. The van der Waals surface area contributed by atoms with Gasteiger partial charge in [-0.05, 0) is 24.6 Å². The molecule has 0 bridgehead atoms. The van der Waals surface area contributed by atoms with Crippen LogP contribution < -0.4 is 10.1 Å². The maximum Gasteiger partial charge on any atom is 0.226 e. The first kappa shape index (κ1) is 12.8. The molecule has 96 valence electrons. The van der Waals surface area contributed by atoms with Crippen LogP contribution in [-0.4, -0.2) is 16.6 Å². The lowest BCUT2D eigenvalue weighted by Crippen LogP contribution is -2.05. The zero-order chi connectivity index (χ0) is 13.5. The summed E-state index contributed by atoms with van der Waals surface area (Å²) < 4.78 is 5.30. The number of benzene rings is 1. The molecular weight excluding hydrogens is 240 g/mol. The van der Waals surface area contributed by atoms with Gasteiger partial charge in [0.25, 0.3) is 0 Å². The Bertz CT molecular complexity index is 592. The number of anilines is 1. The molecule has 5 nitrogen and oxygen atoms in total. The maximum absolute atomic E-state index is 8.83. The molecular formula is C14H14N4O. The molecule has 1 heterocycles. The molecule has 0 aliphatic rings. The average molecular weight is 254 g/mol. The number of nitrogens with one attached hydrogen (secondary N) is 1. The smallest absolute Gasteiger partial charge is 0.226 e. The van der Waals surface area contributed by atoms with Crippen molar-refractivity contribution in [1.82, 2.24) is 9.97 Å². The Morgan fingerprint density at radius 1 is 1.37 bits per heavy atom. The van der Waals surface area contributed by atoms with Crippen molar-refractivity contribution in [2.24, 2.45) is 0 Å². The molecule has 0 fully saturated rings. The van der Waals surface area contributed by atoms with E-state index < -0.39 is 0 Å². The van der Waals surface area contributed by atoms with Gasteiger partial charge in [0.1, 0.15) is 0 Å². The zero-order valence-electron chi connectivity index (χ0n) is 10.6. The summed E-state index contributed by atoms with van der Waals surface area (Å²) in [6.45, 7) is 3.04. The molecule has 2 aromatic rings. The van der Waals surface area contributed by atoms with Gasteiger partial charge in [0.05, 0.1) is 18.2 Å². The van der Waals surface area contributed by atoms with E-state index in [2.05, 4.69) is 21.4 Å². The standard InChI is InChI=1S/C14H14N4O/c1-2-19-13-6-7-16-14(18-13)17-10-12-5-3-4-11(8-12)9-15/h3-8H,2,10H2,1H3,(H,16,17,18). The van der Waals surface area contributed by atoms with Crippen molar-refractivity contribution in [3.8, 4) is 11.9 Å². The van der Waals surface area contributed by atoms with Gasteiger partial charge >= 0.3 is 0 Å². The Labute approximate surface area is 111 Å². The normalized spacial score (nSPS) is 9.68. The third kappa shape index (κ3) is 3.68. The van der Waals surface area contributed by atoms with E-state index in [9.17, 15) is 0 Å². The van der Waals surface area contributed by atoms with Crippen molar-refractivity contribution in [2.75, 3.05) is 11.9 Å². The molecule has 0 saturated carbocycles. The molecule has 1 N–H and O–H groups in total. The topological polar surface area (TPSA) is 70.8 Å². The van der Waals surface area contributed by atoms with E-state index in [4.69, 9.17) is 10.00 Å². The van der Waals surface area contributed by atoms with Crippen LogP contribution in [0.1, 0.15) is 18.1 Å². The fraction of sp³-hybridized carbons (Fsp3) is 0.214. The van der Waals surface area contributed by atoms with Gasteiger partial charge in [-0.15, -0.1) is 0 Å². The van der Waals surface area contributed by atoms with Crippen LogP contribution in [-0.2, 0) is 6.54 Å². The monoisotopic (exact) mass is 254 g/mol. The number of hydrogen-bond donors (Lipinski definition) is 1. The summed E-state index contributed by atoms with van der Waals surface area (Å²) in [4.78, 5) is 8.32. The Morgan fingerprint density at radius 2 is 2.26 bits per heavy atom. The zero-order valence-corrected chi connectivity index (χ0v) is 10.6. The summed E-state index contributed by atoms with van der Waals surface area (Å²) in [7, 11) is 0. The highest BCUT2D eigenvalue weighted by Crippen LogP contribution is 2.10. The van der Waals surface area contributed by atoms with Crippen LogP contribution in [0.25, 0.3) is 0 Å². The second-order valence-corrected chi connectivity index (χ2v) is 3.82. The molecule has 5 heteroatoms. The van der Waals surface area contributed by atoms with Crippen molar-refractivity contribution in [1.29, 1.82) is 5.26 Å². The Hall–Kier alpha value is -2.61. The minimum absolute atomic E-state index is 0.508. The van der Waals surface area contributed by atoms with Gasteiger partial charge in [0.15, 0.2) is 0 Å². The van der Waals surface area contributed by atoms with E-state index in [0.29, 0.717) is 30.5 Å². The first-order valence-corrected chi connectivity index (χ1v) is 6.00. The molecule has 0 spiro atoms. The molecule has 0 atom stereocenters. The molecule has 0 aliphatic carbocycles. The van der Waals surface area contributed by atoms with Crippen molar-refractivity contribution in [3.05, 3.63) is 47.7 Å². The molecule has 0 saturated heterocycles. The second-order valence-electron chi connectivity index (χ2n) is 3.82. The van der Waals surface area contributed by atoms with Gasteiger partial charge in [-0.3, -0.25) is 0 Å². The minimum atomic E-state index is 0.508. The number of rotatable bonds is 5. The van der Waals surface area contributed by atoms with Gasteiger partial charge in [-0.25, -0.2) is 4.98 Å². The van der Waals surface area contributed by atoms with Crippen LogP contribution in [0, 0.1) is 11.3 Å². The summed E-state index contributed by atoms with van der Waals surface area (Å²) in [5.41, 5.74) is 1.65. The first-order valence-electron chi connectivity index (χ1n) is 6.00. The SMILES string of the molecule is CCOc1ccnc(NCc2cccc(C#N)c2)n1. The van der Waals surface area contributed by atoms with Gasteiger partial charge in [0.2, 0.25) is 11.8 Å². The molecule has 1 aromatic heterocycles. The predicted octanol–water partition coefficient (Wildman–Crippen LogP) is 2.36. The van der Waals surface area contributed by atoms with Crippen LogP contribution in [0.5, 0.6) is 5.88 Å². The Morgan fingerprint density at radius 3 is 3.05 bits per heavy atom. The van der Waals surface area contributed by atoms with E-state index in [1.54, 1.807) is 18.3 Å². The van der Waals surface area contributed by atoms with Crippen LogP contribution in [0.3, 0.4) is 0 Å². The number of ether oxygens (including phenoxy) is 1. The van der Waals surface area contributed by atoms with Gasteiger partial charge in [-0.1, -0.05) is 12.1 Å². The maximum atomic E-state index is 8.83. The molecule has 1 aromatic carbocycles. The van der Waals surface area contributed by atoms with Gasteiger partial charge in [0, 0.05) is 18.8 Å². The lowest BCUT2D eigenvalue weighted by molar-refractivity contribution is 0.326. The quantitative estimate of drug-likeness (QED) is 0.886. The number of aromatic nitrogens is 2. The van der Waals surface area contributed by atoms with Crippen LogP contribution in [0.15, 0.2) is 36.5 Å². The molecule has 0 aliphatic heterocycles. The van der Waals surface area contributed by atoms with E-state index >= 15 is 0 Å². The van der Waals surface area contributed by atoms with Crippen LogP contribution in [0.4, 0.5) is 5.95 Å². The fourth-order valence-electron chi connectivity index (χ4n) is 1.59. The van der Waals surface area contributed by atoms with E-state index in [-0.39, 0.29) is 0 Å². The highest BCUT2D eigenvalue weighted by Gasteiger charge is 2.00. The van der Waals surface area contributed by atoms with Crippen molar-refractivity contribution < 1.29 is 4.74 Å². The number of nitrogens with zero attached hydrogens (tertiary/aromatic N) is 3. The average Bonchev–Trinajstić information content (AvgIpc) is 2.46. The number of nitriles is 1. The molecule has 2 rings (SSSR count).